The van der Waals surface area contributed by atoms with Crippen LogP contribution in [0.3, 0.4) is 0 Å². The Morgan fingerprint density at radius 1 is 0.970 bits per heavy atom. The molecule has 0 saturated heterocycles. The van der Waals surface area contributed by atoms with Crippen molar-refractivity contribution in [2.75, 3.05) is 25.6 Å². The summed E-state index contributed by atoms with van der Waals surface area (Å²) in [4.78, 5) is 20.4. The van der Waals surface area contributed by atoms with E-state index < -0.39 is 0 Å². The van der Waals surface area contributed by atoms with Gasteiger partial charge in [-0.05, 0) is 60.8 Å². The second-order valence-corrected chi connectivity index (χ2v) is 9.03. The van der Waals surface area contributed by atoms with Gasteiger partial charge < -0.3 is 4.90 Å². The molecule has 0 spiro atoms. The third-order valence-corrected chi connectivity index (χ3v) is 6.73. The van der Waals surface area contributed by atoms with E-state index in [0.717, 1.165) is 65.0 Å². The maximum Gasteiger partial charge on any atom is 0.272 e. The van der Waals surface area contributed by atoms with Crippen LogP contribution in [0, 0.1) is 6.92 Å². The zero-order valence-electron chi connectivity index (χ0n) is 18.9. The summed E-state index contributed by atoms with van der Waals surface area (Å²) in [5.41, 5.74) is 11.7. The highest BCUT2D eigenvalue weighted by Gasteiger charge is 2.31. The minimum absolute atomic E-state index is 0.0318. The van der Waals surface area contributed by atoms with Gasteiger partial charge in [-0.3, -0.25) is 10.2 Å². The van der Waals surface area contributed by atoms with Gasteiger partial charge in [0.15, 0.2) is 0 Å². The number of rotatable bonds is 3. The Kier molecular flexibility index (Phi) is 4.66. The predicted octanol–water partition coefficient (Wildman–Crippen LogP) is 3.72. The third kappa shape index (κ3) is 3.45. The SMILES string of the molecule is Cc1ccc2c(-c3cccc4c3CN(Nc3ccc5c(n3)CCN(C)CC5)C4=O)cnn2c1. The minimum atomic E-state index is -0.0318. The van der Waals surface area contributed by atoms with Gasteiger partial charge in [0.05, 0.1) is 18.3 Å². The molecule has 0 bridgehead atoms. The second-order valence-electron chi connectivity index (χ2n) is 9.03. The number of hydrogen-bond donors (Lipinski definition) is 1. The van der Waals surface area contributed by atoms with Gasteiger partial charge in [0, 0.05) is 42.5 Å². The number of aryl methyl sites for hydroxylation is 1. The molecule has 1 aromatic carbocycles. The highest BCUT2D eigenvalue weighted by molar-refractivity contribution is 6.02. The largest absolute Gasteiger partial charge is 0.306 e. The molecule has 4 aromatic rings. The number of amides is 1. The molecule has 33 heavy (non-hydrogen) atoms. The van der Waals surface area contributed by atoms with Crippen LogP contribution >= 0.6 is 0 Å². The van der Waals surface area contributed by atoms with Crippen LogP contribution in [0.25, 0.3) is 16.6 Å². The molecule has 1 N–H and O–H groups in total. The lowest BCUT2D eigenvalue weighted by molar-refractivity contribution is 0.0814. The summed E-state index contributed by atoms with van der Waals surface area (Å²) in [7, 11) is 2.15. The summed E-state index contributed by atoms with van der Waals surface area (Å²) < 4.78 is 1.90. The summed E-state index contributed by atoms with van der Waals surface area (Å²) in [6.45, 7) is 4.58. The smallest absolute Gasteiger partial charge is 0.272 e. The van der Waals surface area contributed by atoms with Crippen molar-refractivity contribution in [2.24, 2.45) is 0 Å². The number of fused-ring (bicyclic) bond motifs is 3. The first-order valence-electron chi connectivity index (χ1n) is 11.4. The Morgan fingerprint density at radius 2 is 1.82 bits per heavy atom. The molecule has 166 valence electrons. The fourth-order valence-electron chi connectivity index (χ4n) is 4.86. The van der Waals surface area contributed by atoms with Crippen LogP contribution in [0.2, 0.25) is 0 Å². The molecule has 0 saturated carbocycles. The Labute approximate surface area is 192 Å². The van der Waals surface area contributed by atoms with E-state index in [2.05, 4.69) is 53.7 Å². The molecule has 7 nitrogen and oxygen atoms in total. The summed E-state index contributed by atoms with van der Waals surface area (Å²) in [6, 6.07) is 14.2. The van der Waals surface area contributed by atoms with Crippen molar-refractivity contribution in [2.45, 2.75) is 26.3 Å². The van der Waals surface area contributed by atoms with E-state index in [9.17, 15) is 4.79 Å². The van der Waals surface area contributed by atoms with E-state index in [1.54, 1.807) is 5.01 Å². The fourth-order valence-corrected chi connectivity index (χ4v) is 4.86. The second kappa shape index (κ2) is 7.71. The number of nitrogens with one attached hydrogen (secondary N) is 1. The summed E-state index contributed by atoms with van der Waals surface area (Å²) in [5, 5.41) is 6.20. The van der Waals surface area contributed by atoms with Gasteiger partial charge in [0.25, 0.3) is 5.91 Å². The number of carbonyl (C=O) groups excluding carboxylic acids is 1. The van der Waals surface area contributed by atoms with Crippen molar-refractivity contribution in [3.05, 3.63) is 82.8 Å². The van der Waals surface area contributed by atoms with E-state index in [1.165, 1.54) is 5.56 Å². The maximum absolute atomic E-state index is 13.2. The van der Waals surface area contributed by atoms with Crippen molar-refractivity contribution in [1.82, 2.24) is 24.5 Å². The lowest BCUT2D eigenvalue weighted by Gasteiger charge is -2.19. The lowest BCUT2D eigenvalue weighted by atomic mass is 9.98. The normalized spacial score (nSPS) is 16.1. The van der Waals surface area contributed by atoms with Crippen LogP contribution in [0.4, 0.5) is 5.82 Å². The van der Waals surface area contributed by atoms with Crippen LogP contribution in [0.1, 0.15) is 32.7 Å². The average molecular weight is 439 g/mol. The fraction of sp³-hybridized carbons (Fsp3) is 0.269. The monoisotopic (exact) mass is 438 g/mol. The Balaban J connectivity index is 1.30. The van der Waals surface area contributed by atoms with Gasteiger partial charge in [-0.15, -0.1) is 0 Å². The number of anilines is 1. The Morgan fingerprint density at radius 3 is 2.73 bits per heavy atom. The van der Waals surface area contributed by atoms with E-state index in [4.69, 9.17) is 4.98 Å². The number of aromatic nitrogens is 3. The van der Waals surface area contributed by atoms with Crippen molar-refractivity contribution in [3.8, 4) is 11.1 Å². The minimum Gasteiger partial charge on any atom is -0.306 e. The van der Waals surface area contributed by atoms with Gasteiger partial charge in [-0.1, -0.05) is 24.3 Å². The van der Waals surface area contributed by atoms with Crippen LogP contribution in [-0.2, 0) is 19.4 Å². The van der Waals surface area contributed by atoms with Gasteiger partial charge in [0.2, 0.25) is 0 Å². The zero-order valence-corrected chi connectivity index (χ0v) is 18.9. The number of hydrogen-bond acceptors (Lipinski definition) is 5. The molecule has 0 unspecified atom stereocenters. The molecule has 7 heteroatoms. The highest BCUT2D eigenvalue weighted by Crippen LogP contribution is 2.35. The molecule has 0 fully saturated rings. The van der Waals surface area contributed by atoms with E-state index in [-0.39, 0.29) is 5.91 Å². The van der Waals surface area contributed by atoms with Crippen molar-refractivity contribution < 1.29 is 4.79 Å². The highest BCUT2D eigenvalue weighted by atomic mass is 16.2. The number of carbonyl (C=O) groups is 1. The molecule has 2 aliphatic heterocycles. The summed E-state index contributed by atoms with van der Waals surface area (Å²) >= 11 is 0. The van der Waals surface area contributed by atoms with Gasteiger partial charge in [-0.2, -0.15) is 5.10 Å². The number of hydrazine groups is 1. The number of benzene rings is 1. The van der Waals surface area contributed by atoms with Crippen LogP contribution in [0.15, 0.2) is 54.9 Å². The maximum atomic E-state index is 13.2. The van der Waals surface area contributed by atoms with Crippen LogP contribution in [-0.4, -0.2) is 50.6 Å². The van der Waals surface area contributed by atoms with Gasteiger partial charge >= 0.3 is 0 Å². The van der Waals surface area contributed by atoms with Crippen LogP contribution in [0.5, 0.6) is 0 Å². The predicted molar refractivity (Wildman–Crippen MR) is 128 cm³/mol. The topological polar surface area (TPSA) is 65.8 Å². The quantitative estimate of drug-likeness (QED) is 0.528. The standard InChI is InChI=1S/C26H26N6O/c1-17-6-8-24-21(14-27-31(24)15-17)19-4-3-5-20-22(19)16-32(26(20)33)29-25-9-7-18-10-12-30(2)13-11-23(18)28-25/h3-9,14-15H,10-13,16H2,1-2H3,(H,28,29). The molecule has 0 aliphatic carbocycles. The molecular weight excluding hydrogens is 412 g/mol. The zero-order chi connectivity index (χ0) is 22.5. The number of nitrogens with zero attached hydrogens (tertiary/aromatic N) is 5. The van der Waals surface area contributed by atoms with Gasteiger partial charge in [-0.25, -0.2) is 14.5 Å². The van der Waals surface area contributed by atoms with E-state index in [0.29, 0.717) is 12.4 Å². The Hall–Kier alpha value is -3.71. The summed E-state index contributed by atoms with van der Waals surface area (Å²) in [6.07, 6.45) is 5.84. The molecule has 5 heterocycles. The molecule has 3 aromatic heterocycles. The van der Waals surface area contributed by atoms with Crippen molar-refractivity contribution in [3.63, 3.8) is 0 Å². The molecular formula is C26H26N6O. The van der Waals surface area contributed by atoms with Crippen molar-refractivity contribution in [1.29, 1.82) is 0 Å². The summed E-state index contributed by atoms with van der Waals surface area (Å²) in [5.74, 6) is 0.683. The van der Waals surface area contributed by atoms with Crippen molar-refractivity contribution >= 4 is 17.2 Å². The Bertz CT molecular complexity index is 1390. The van der Waals surface area contributed by atoms with E-state index in [1.807, 2.05) is 35.1 Å². The molecule has 1 amide bonds. The molecule has 6 rings (SSSR count). The first-order valence-corrected chi connectivity index (χ1v) is 11.4. The van der Waals surface area contributed by atoms with Crippen LogP contribution < -0.4 is 5.43 Å². The third-order valence-electron chi connectivity index (χ3n) is 6.73. The first kappa shape index (κ1) is 19.9. The lowest BCUT2D eigenvalue weighted by Crippen LogP contribution is -2.30. The molecule has 0 radical (unpaired) electrons. The van der Waals surface area contributed by atoms with E-state index >= 15 is 0 Å². The number of likely N-dealkylation sites (N-methyl/N-ethyl adjacent to an activating group) is 1. The number of pyridine rings is 2. The van der Waals surface area contributed by atoms with Gasteiger partial charge in [0.1, 0.15) is 5.82 Å². The first-order chi connectivity index (χ1) is 16.1. The molecule has 0 atom stereocenters. The average Bonchev–Trinajstić information content (AvgIpc) is 3.31. The molecule has 2 aliphatic rings.